The SMILES string of the molecule is COc1ccc(Cl)cc1N(CC(=O)N/N=C\c1ccc([N+](=O)[O-])cc1)S(=O)(=O)c1ccccc1. The lowest BCUT2D eigenvalue weighted by Gasteiger charge is -2.25. The summed E-state index contributed by atoms with van der Waals surface area (Å²) in [5, 5.41) is 14.8. The molecule has 0 fully saturated rings. The minimum atomic E-state index is -4.17. The van der Waals surface area contributed by atoms with E-state index in [0.717, 1.165) is 4.31 Å². The molecule has 0 aliphatic carbocycles. The van der Waals surface area contributed by atoms with Gasteiger partial charge >= 0.3 is 0 Å². The third-order valence-electron chi connectivity index (χ3n) is 4.53. The predicted molar refractivity (Wildman–Crippen MR) is 128 cm³/mol. The molecule has 1 amide bonds. The summed E-state index contributed by atoms with van der Waals surface area (Å²) >= 11 is 6.09. The molecule has 0 aliphatic rings. The highest BCUT2D eigenvalue weighted by molar-refractivity contribution is 7.92. The van der Waals surface area contributed by atoms with Gasteiger partial charge in [0.15, 0.2) is 0 Å². The lowest BCUT2D eigenvalue weighted by Crippen LogP contribution is -2.39. The van der Waals surface area contributed by atoms with E-state index >= 15 is 0 Å². The summed E-state index contributed by atoms with van der Waals surface area (Å²) in [6, 6.07) is 17.5. The molecule has 3 rings (SSSR count). The average molecular weight is 503 g/mol. The quantitative estimate of drug-likeness (QED) is 0.270. The predicted octanol–water partition coefficient (Wildman–Crippen LogP) is 3.60. The molecule has 0 radical (unpaired) electrons. The lowest BCUT2D eigenvalue weighted by atomic mass is 10.2. The summed E-state index contributed by atoms with van der Waals surface area (Å²) in [7, 11) is -2.80. The highest BCUT2D eigenvalue weighted by atomic mass is 35.5. The molecular formula is C22H19ClN4O6S. The Labute approximate surface area is 200 Å². The molecule has 0 unspecified atom stereocenters. The zero-order valence-electron chi connectivity index (χ0n) is 17.8. The Morgan fingerprint density at radius 1 is 1.15 bits per heavy atom. The second-order valence-corrected chi connectivity index (χ2v) is 9.08. The van der Waals surface area contributed by atoms with Gasteiger partial charge < -0.3 is 4.74 Å². The maximum atomic E-state index is 13.4. The number of hydrazone groups is 1. The fourth-order valence-electron chi connectivity index (χ4n) is 2.90. The number of sulfonamides is 1. The number of carbonyl (C=O) groups is 1. The van der Waals surface area contributed by atoms with E-state index < -0.39 is 27.4 Å². The molecule has 12 heteroatoms. The van der Waals surface area contributed by atoms with E-state index in [9.17, 15) is 23.3 Å². The number of benzene rings is 3. The Kier molecular flexibility index (Phi) is 7.82. The number of methoxy groups -OCH3 is 1. The van der Waals surface area contributed by atoms with Crippen LogP contribution in [0, 0.1) is 10.1 Å². The summed E-state index contributed by atoms with van der Waals surface area (Å²) in [5.74, 6) is -0.536. The lowest BCUT2D eigenvalue weighted by molar-refractivity contribution is -0.384. The number of non-ortho nitro benzene ring substituents is 1. The fraction of sp³-hybridized carbons (Fsp3) is 0.0909. The number of nitrogens with zero attached hydrogens (tertiary/aromatic N) is 3. The fourth-order valence-corrected chi connectivity index (χ4v) is 4.51. The van der Waals surface area contributed by atoms with Crippen LogP contribution >= 0.6 is 11.6 Å². The summed E-state index contributed by atoms with van der Waals surface area (Å²) in [5.41, 5.74) is 2.75. The summed E-state index contributed by atoms with van der Waals surface area (Å²) in [4.78, 5) is 22.8. The molecule has 0 heterocycles. The molecule has 3 aromatic rings. The number of nitro benzene ring substituents is 1. The van der Waals surface area contributed by atoms with E-state index in [1.807, 2.05) is 0 Å². The van der Waals surface area contributed by atoms with E-state index in [-0.39, 0.29) is 27.0 Å². The molecule has 0 spiro atoms. The van der Waals surface area contributed by atoms with Gasteiger partial charge in [-0.25, -0.2) is 13.8 Å². The average Bonchev–Trinajstić information content (AvgIpc) is 2.83. The first-order valence-electron chi connectivity index (χ1n) is 9.70. The molecule has 0 aliphatic heterocycles. The Hall–Kier alpha value is -3.96. The molecule has 0 saturated carbocycles. The van der Waals surface area contributed by atoms with Gasteiger partial charge in [-0.3, -0.25) is 19.2 Å². The summed E-state index contributed by atoms with van der Waals surface area (Å²) in [6.07, 6.45) is 1.28. The first kappa shape index (κ1) is 24.7. The van der Waals surface area contributed by atoms with Crippen molar-refractivity contribution in [1.29, 1.82) is 0 Å². The smallest absolute Gasteiger partial charge is 0.269 e. The Morgan fingerprint density at radius 3 is 2.44 bits per heavy atom. The number of rotatable bonds is 9. The van der Waals surface area contributed by atoms with Crippen molar-refractivity contribution in [2.45, 2.75) is 4.90 Å². The van der Waals surface area contributed by atoms with Gasteiger partial charge in [0.05, 0.1) is 28.8 Å². The van der Waals surface area contributed by atoms with Gasteiger partial charge in [-0.15, -0.1) is 0 Å². The first-order valence-corrected chi connectivity index (χ1v) is 11.5. The van der Waals surface area contributed by atoms with Crippen molar-refractivity contribution >= 4 is 45.1 Å². The number of carbonyl (C=O) groups excluding carboxylic acids is 1. The summed E-state index contributed by atoms with van der Waals surface area (Å²) in [6.45, 7) is -0.620. The van der Waals surface area contributed by atoms with E-state index in [0.29, 0.717) is 5.56 Å². The van der Waals surface area contributed by atoms with Crippen molar-refractivity contribution < 1.29 is 22.9 Å². The van der Waals surface area contributed by atoms with Gasteiger partial charge in [0.2, 0.25) is 0 Å². The van der Waals surface area contributed by atoms with Crippen LogP contribution in [-0.4, -0.2) is 39.1 Å². The minimum Gasteiger partial charge on any atom is -0.495 e. The van der Waals surface area contributed by atoms with Gasteiger partial charge in [-0.05, 0) is 48.0 Å². The van der Waals surface area contributed by atoms with Crippen LogP contribution in [0.3, 0.4) is 0 Å². The first-order chi connectivity index (χ1) is 16.2. The van der Waals surface area contributed by atoms with Crippen LogP contribution in [0.15, 0.2) is 82.8 Å². The van der Waals surface area contributed by atoms with Crippen molar-refractivity contribution in [2.24, 2.45) is 5.10 Å². The molecule has 0 saturated heterocycles. The highest BCUT2D eigenvalue weighted by Crippen LogP contribution is 2.34. The van der Waals surface area contributed by atoms with Gasteiger partial charge in [0.1, 0.15) is 12.3 Å². The zero-order valence-corrected chi connectivity index (χ0v) is 19.4. The van der Waals surface area contributed by atoms with Crippen molar-refractivity contribution in [1.82, 2.24) is 5.43 Å². The van der Waals surface area contributed by atoms with Gasteiger partial charge in [-0.2, -0.15) is 5.10 Å². The molecule has 176 valence electrons. The molecule has 0 bridgehead atoms. The number of nitrogens with one attached hydrogen (secondary N) is 1. The molecule has 3 aromatic carbocycles. The number of hydrogen-bond donors (Lipinski definition) is 1. The van der Waals surface area contributed by atoms with E-state index in [2.05, 4.69) is 10.5 Å². The Bertz CT molecular complexity index is 1310. The van der Waals surface area contributed by atoms with Crippen LogP contribution < -0.4 is 14.5 Å². The van der Waals surface area contributed by atoms with Crippen molar-refractivity contribution in [2.75, 3.05) is 18.0 Å². The maximum absolute atomic E-state index is 13.4. The highest BCUT2D eigenvalue weighted by Gasteiger charge is 2.29. The van der Waals surface area contributed by atoms with Gasteiger partial charge in [0.25, 0.3) is 21.6 Å². The normalized spacial score (nSPS) is 11.2. The second-order valence-electron chi connectivity index (χ2n) is 6.78. The zero-order chi connectivity index (χ0) is 24.7. The van der Waals surface area contributed by atoms with Crippen LogP contribution in [0.5, 0.6) is 5.75 Å². The number of anilines is 1. The van der Waals surface area contributed by atoms with Crippen molar-refractivity contribution in [3.05, 3.63) is 93.5 Å². The van der Waals surface area contributed by atoms with E-state index in [4.69, 9.17) is 16.3 Å². The minimum absolute atomic E-state index is 0.0285. The maximum Gasteiger partial charge on any atom is 0.269 e. The number of nitro groups is 1. The number of halogens is 1. The number of amides is 1. The van der Waals surface area contributed by atoms with E-state index in [1.54, 1.807) is 18.2 Å². The van der Waals surface area contributed by atoms with Crippen LogP contribution in [0.2, 0.25) is 5.02 Å². The number of hydrogen-bond acceptors (Lipinski definition) is 7. The largest absolute Gasteiger partial charge is 0.495 e. The van der Waals surface area contributed by atoms with Crippen LogP contribution in [0.4, 0.5) is 11.4 Å². The summed E-state index contributed by atoms with van der Waals surface area (Å²) < 4.78 is 32.9. The third-order valence-corrected chi connectivity index (χ3v) is 6.54. The van der Waals surface area contributed by atoms with Crippen LogP contribution in [-0.2, 0) is 14.8 Å². The monoisotopic (exact) mass is 502 g/mol. The molecule has 34 heavy (non-hydrogen) atoms. The molecule has 0 atom stereocenters. The molecular weight excluding hydrogens is 484 g/mol. The van der Waals surface area contributed by atoms with Gasteiger partial charge in [0, 0.05) is 17.2 Å². The Morgan fingerprint density at radius 2 is 1.82 bits per heavy atom. The number of ether oxygens (including phenoxy) is 1. The van der Waals surface area contributed by atoms with Gasteiger partial charge in [-0.1, -0.05) is 29.8 Å². The molecule has 0 aromatic heterocycles. The molecule has 1 N–H and O–H groups in total. The third kappa shape index (κ3) is 5.88. The second kappa shape index (κ2) is 10.8. The standard InChI is InChI=1S/C22H19ClN4O6S/c1-33-21-12-9-17(23)13-20(21)26(34(31,32)19-5-3-2-4-6-19)15-22(28)25-24-14-16-7-10-18(11-8-16)27(29)30/h2-14H,15H2,1H3,(H,25,28)/b24-14-. The van der Waals surface area contributed by atoms with Crippen LogP contribution in [0.1, 0.15) is 5.56 Å². The van der Waals surface area contributed by atoms with Crippen molar-refractivity contribution in [3.8, 4) is 5.75 Å². The molecule has 10 nitrogen and oxygen atoms in total. The van der Waals surface area contributed by atoms with Crippen molar-refractivity contribution in [3.63, 3.8) is 0 Å². The van der Waals surface area contributed by atoms with E-state index in [1.165, 1.54) is 67.9 Å². The van der Waals surface area contributed by atoms with Crippen LogP contribution in [0.25, 0.3) is 0 Å². The topological polar surface area (TPSA) is 131 Å². The Balaban J connectivity index is 1.86.